The largest absolute Gasteiger partial charge is 0.358 e. The van der Waals surface area contributed by atoms with Gasteiger partial charge in [-0.1, -0.05) is 11.6 Å². The van der Waals surface area contributed by atoms with E-state index in [9.17, 15) is 8.42 Å². The first kappa shape index (κ1) is 10.5. The summed E-state index contributed by atoms with van der Waals surface area (Å²) in [5.41, 5.74) is 1.58. The molecule has 1 aromatic rings. The van der Waals surface area contributed by atoms with Gasteiger partial charge >= 0.3 is 0 Å². The molecule has 1 aliphatic rings. The van der Waals surface area contributed by atoms with Crippen LogP contribution in [0.15, 0.2) is 36.0 Å². The van der Waals surface area contributed by atoms with Crippen LogP contribution in [0.1, 0.15) is 0 Å². The van der Waals surface area contributed by atoms with E-state index in [-0.39, 0.29) is 11.5 Å². The lowest BCUT2D eigenvalue weighted by Crippen LogP contribution is -2.07. The monoisotopic (exact) mass is 243 g/mol. The summed E-state index contributed by atoms with van der Waals surface area (Å²) in [7, 11) is -2.90. The van der Waals surface area contributed by atoms with Gasteiger partial charge in [0, 0.05) is 16.4 Å². The molecule has 0 fully saturated rings. The van der Waals surface area contributed by atoms with Gasteiger partial charge in [0.25, 0.3) is 0 Å². The third-order valence-corrected chi connectivity index (χ3v) is 3.79. The summed E-state index contributed by atoms with van der Waals surface area (Å²) >= 11 is 5.74. The SMILES string of the molecule is O=S1(=O)CC=C(Nc2ccc(Cl)cc2)C1. The molecule has 0 spiro atoms. The molecule has 0 atom stereocenters. The second kappa shape index (κ2) is 3.87. The Hall–Kier alpha value is -1.00. The van der Waals surface area contributed by atoms with Crippen LogP contribution in [0.2, 0.25) is 5.02 Å². The molecule has 0 aromatic heterocycles. The molecule has 0 bridgehead atoms. The predicted octanol–water partition coefficient (Wildman–Crippen LogP) is 2.06. The van der Waals surface area contributed by atoms with Crippen molar-refractivity contribution < 1.29 is 8.42 Å². The molecule has 0 amide bonds. The number of nitrogens with one attached hydrogen (secondary N) is 1. The third kappa shape index (κ3) is 2.73. The lowest BCUT2D eigenvalue weighted by Gasteiger charge is -2.05. The van der Waals surface area contributed by atoms with Gasteiger partial charge in [-0.15, -0.1) is 0 Å². The van der Waals surface area contributed by atoms with Crippen molar-refractivity contribution in [1.29, 1.82) is 0 Å². The Morgan fingerprint density at radius 3 is 2.40 bits per heavy atom. The van der Waals surface area contributed by atoms with E-state index in [0.29, 0.717) is 5.02 Å². The quantitative estimate of drug-likeness (QED) is 0.865. The molecule has 1 heterocycles. The maximum atomic E-state index is 11.2. The highest BCUT2D eigenvalue weighted by atomic mass is 35.5. The van der Waals surface area contributed by atoms with Gasteiger partial charge in [0.1, 0.15) is 0 Å². The number of anilines is 1. The summed E-state index contributed by atoms with van der Waals surface area (Å²) < 4.78 is 22.3. The van der Waals surface area contributed by atoms with Crippen molar-refractivity contribution in [2.75, 3.05) is 16.8 Å². The Balaban J connectivity index is 2.08. The minimum Gasteiger partial charge on any atom is -0.358 e. The molecule has 1 N–H and O–H groups in total. The summed E-state index contributed by atoms with van der Waals surface area (Å²) in [6, 6.07) is 7.14. The zero-order chi connectivity index (χ0) is 10.9. The number of sulfone groups is 1. The molecule has 3 nitrogen and oxygen atoms in total. The van der Waals surface area contributed by atoms with Gasteiger partial charge in [0.15, 0.2) is 9.84 Å². The van der Waals surface area contributed by atoms with Crippen LogP contribution in [-0.4, -0.2) is 19.9 Å². The molecule has 0 unspecified atom stereocenters. The van der Waals surface area contributed by atoms with Crippen LogP contribution in [0.5, 0.6) is 0 Å². The topological polar surface area (TPSA) is 46.2 Å². The highest BCUT2D eigenvalue weighted by Crippen LogP contribution is 2.18. The second-order valence-electron chi connectivity index (χ2n) is 3.42. The van der Waals surface area contributed by atoms with Gasteiger partial charge in [-0.25, -0.2) is 8.42 Å². The molecule has 2 rings (SSSR count). The lowest BCUT2D eigenvalue weighted by molar-refractivity contribution is 0.603. The van der Waals surface area contributed by atoms with E-state index in [4.69, 9.17) is 11.6 Å². The standard InChI is InChI=1S/C10H10ClNO2S/c11-8-1-3-9(4-2-8)12-10-5-6-15(13,14)7-10/h1-5,12H,6-7H2. The molecule has 0 saturated heterocycles. The summed E-state index contributed by atoms with van der Waals surface area (Å²) in [5, 5.41) is 3.71. The number of hydrogen-bond acceptors (Lipinski definition) is 3. The van der Waals surface area contributed by atoms with E-state index >= 15 is 0 Å². The smallest absolute Gasteiger partial charge is 0.159 e. The zero-order valence-electron chi connectivity index (χ0n) is 7.90. The van der Waals surface area contributed by atoms with E-state index in [2.05, 4.69) is 5.32 Å². The normalized spacial score (nSPS) is 18.6. The van der Waals surface area contributed by atoms with Gasteiger partial charge in [-0.2, -0.15) is 0 Å². The maximum Gasteiger partial charge on any atom is 0.159 e. The fourth-order valence-corrected chi connectivity index (χ4v) is 2.75. The molecule has 15 heavy (non-hydrogen) atoms. The molecule has 0 radical (unpaired) electrons. The van der Waals surface area contributed by atoms with Crippen LogP contribution in [0.25, 0.3) is 0 Å². The highest BCUT2D eigenvalue weighted by molar-refractivity contribution is 7.92. The van der Waals surface area contributed by atoms with Crippen molar-refractivity contribution in [2.45, 2.75) is 0 Å². The summed E-state index contributed by atoms with van der Waals surface area (Å²) in [6.07, 6.45) is 1.70. The van der Waals surface area contributed by atoms with Gasteiger partial charge in [-0.05, 0) is 30.3 Å². The van der Waals surface area contributed by atoms with Crippen molar-refractivity contribution >= 4 is 27.1 Å². The van der Waals surface area contributed by atoms with Crippen molar-refractivity contribution in [1.82, 2.24) is 0 Å². The first-order valence-corrected chi connectivity index (χ1v) is 6.67. The van der Waals surface area contributed by atoms with Crippen molar-refractivity contribution in [3.63, 3.8) is 0 Å². The van der Waals surface area contributed by atoms with Gasteiger partial charge in [0.2, 0.25) is 0 Å². The van der Waals surface area contributed by atoms with E-state index in [0.717, 1.165) is 11.4 Å². The molecule has 0 aliphatic carbocycles. The van der Waals surface area contributed by atoms with Crippen LogP contribution >= 0.6 is 11.6 Å². The summed E-state index contributed by atoms with van der Waals surface area (Å²) in [6.45, 7) is 0. The minimum absolute atomic E-state index is 0.0929. The van der Waals surface area contributed by atoms with E-state index in [1.165, 1.54) is 0 Å². The number of rotatable bonds is 2. The van der Waals surface area contributed by atoms with E-state index < -0.39 is 9.84 Å². The van der Waals surface area contributed by atoms with Gasteiger partial charge in [-0.3, -0.25) is 0 Å². The Labute approximate surface area is 93.7 Å². The number of halogens is 1. The van der Waals surface area contributed by atoms with Crippen LogP contribution in [-0.2, 0) is 9.84 Å². The minimum atomic E-state index is -2.90. The molecule has 0 saturated carbocycles. The molecule has 1 aliphatic heterocycles. The Morgan fingerprint density at radius 1 is 1.20 bits per heavy atom. The van der Waals surface area contributed by atoms with Gasteiger partial charge < -0.3 is 5.32 Å². The van der Waals surface area contributed by atoms with E-state index in [1.807, 2.05) is 12.1 Å². The van der Waals surface area contributed by atoms with Crippen molar-refractivity contribution in [3.8, 4) is 0 Å². The van der Waals surface area contributed by atoms with E-state index in [1.54, 1.807) is 18.2 Å². The Bertz CT molecular complexity index is 491. The van der Waals surface area contributed by atoms with Gasteiger partial charge in [0.05, 0.1) is 11.5 Å². The summed E-state index contributed by atoms with van der Waals surface area (Å²) in [5.74, 6) is 0.221. The molecule has 5 heteroatoms. The predicted molar refractivity (Wildman–Crippen MR) is 61.8 cm³/mol. The molecule has 1 aromatic carbocycles. The maximum absolute atomic E-state index is 11.2. The highest BCUT2D eigenvalue weighted by Gasteiger charge is 2.19. The van der Waals surface area contributed by atoms with Crippen LogP contribution in [0.4, 0.5) is 5.69 Å². The fraction of sp³-hybridized carbons (Fsp3) is 0.200. The third-order valence-electron chi connectivity index (χ3n) is 2.11. The Morgan fingerprint density at radius 2 is 1.87 bits per heavy atom. The first-order valence-electron chi connectivity index (χ1n) is 4.47. The van der Waals surface area contributed by atoms with Crippen LogP contribution in [0.3, 0.4) is 0 Å². The van der Waals surface area contributed by atoms with Crippen molar-refractivity contribution in [2.24, 2.45) is 0 Å². The van der Waals surface area contributed by atoms with Crippen LogP contribution < -0.4 is 5.32 Å². The first-order chi connectivity index (χ1) is 7.05. The molecular weight excluding hydrogens is 234 g/mol. The van der Waals surface area contributed by atoms with Crippen LogP contribution in [0, 0.1) is 0 Å². The summed E-state index contributed by atoms with van der Waals surface area (Å²) in [4.78, 5) is 0. The number of benzene rings is 1. The molecular formula is C10H10ClNO2S. The second-order valence-corrected chi connectivity index (χ2v) is 5.96. The zero-order valence-corrected chi connectivity index (χ0v) is 9.48. The van der Waals surface area contributed by atoms with Crippen molar-refractivity contribution in [3.05, 3.63) is 41.1 Å². The lowest BCUT2D eigenvalue weighted by atomic mass is 10.3. The Kier molecular flexibility index (Phi) is 2.71. The average Bonchev–Trinajstić information content (AvgIpc) is 2.50. The fourth-order valence-electron chi connectivity index (χ4n) is 1.39. The molecule has 80 valence electrons. The number of hydrogen-bond donors (Lipinski definition) is 1. The average molecular weight is 244 g/mol.